The smallest absolute Gasteiger partial charge is 0.162 e. The van der Waals surface area contributed by atoms with Crippen molar-refractivity contribution in [2.45, 2.75) is 70.6 Å². The molecule has 1 N–H and O–H groups in total. The van der Waals surface area contributed by atoms with E-state index in [0.717, 1.165) is 47.6 Å². The average molecular weight is 432 g/mol. The van der Waals surface area contributed by atoms with Crippen LogP contribution in [0.1, 0.15) is 80.4 Å². The Balaban J connectivity index is 1.03. The van der Waals surface area contributed by atoms with E-state index in [1.54, 1.807) is 0 Å². The Hall–Kier alpha value is -2.36. The molecule has 2 bridgehead atoms. The molecule has 3 aromatic rings. The van der Waals surface area contributed by atoms with Gasteiger partial charge < -0.3 is 9.55 Å². The number of aryl methyl sites for hydroxylation is 2. The number of hydrogen-bond acceptors (Lipinski definition) is 2. The maximum atomic E-state index is 12.6. The third-order valence-electron chi connectivity index (χ3n) is 8.39. The molecule has 0 spiro atoms. The maximum absolute atomic E-state index is 12.6. The van der Waals surface area contributed by atoms with Gasteiger partial charge in [-0.25, -0.2) is 4.98 Å². The molecule has 0 radical (unpaired) electrons. The molecular formula is C28H37N3O. The molecule has 0 saturated heterocycles. The van der Waals surface area contributed by atoms with Crippen molar-refractivity contribution in [2.75, 3.05) is 0 Å². The second kappa shape index (κ2) is 9.64. The van der Waals surface area contributed by atoms with E-state index in [2.05, 4.69) is 27.8 Å². The second-order valence-corrected chi connectivity index (χ2v) is 10.4. The van der Waals surface area contributed by atoms with Crippen molar-refractivity contribution in [3.63, 3.8) is 0 Å². The van der Waals surface area contributed by atoms with Crippen molar-refractivity contribution in [3.8, 4) is 0 Å². The number of nitrogens with zero attached hydrogens (tertiary/aromatic N) is 2. The number of Topliss-reactive ketones (excluding diaryl/α,β-unsaturated/α-hetero) is 1. The fourth-order valence-corrected chi connectivity index (χ4v) is 6.70. The Labute approximate surface area is 191 Å². The van der Waals surface area contributed by atoms with Crippen molar-refractivity contribution in [1.29, 1.82) is 0 Å². The zero-order valence-electron chi connectivity index (χ0n) is 19.4. The fourth-order valence-electron chi connectivity index (χ4n) is 6.70. The number of hydrogen-bond donors (Lipinski definition) is 1. The first-order valence-electron chi connectivity index (χ1n) is 12.7. The summed E-state index contributed by atoms with van der Waals surface area (Å²) in [5.41, 5.74) is 1.91. The number of rotatable bonds is 10. The number of carbonyl (C=O) groups is 1. The van der Waals surface area contributed by atoms with Gasteiger partial charge in [0.1, 0.15) is 5.82 Å². The summed E-state index contributed by atoms with van der Waals surface area (Å²) in [6.07, 6.45) is 19.7. The van der Waals surface area contributed by atoms with E-state index in [-0.39, 0.29) is 5.78 Å². The van der Waals surface area contributed by atoms with Crippen LogP contribution in [0.5, 0.6) is 0 Å². The molecule has 2 aliphatic rings. The van der Waals surface area contributed by atoms with E-state index in [1.165, 1.54) is 62.6 Å². The molecule has 4 nitrogen and oxygen atoms in total. The number of fused-ring (bicyclic) bond motifs is 3. The number of unbranched alkanes of at least 4 members (excludes halogenated alkanes) is 1. The molecule has 2 fully saturated rings. The van der Waals surface area contributed by atoms with Crippen LogP contribution in [-0.2, 0) is 13.5 Å². The molecule has 4 heteroatoms. The third-order valence-corrected chi connectivity index (χ3v) is 8.39. The van der Waals surface area contributed by atoms with Gasteiger partial charge in [0.25, 0.3) is 0 Å². The molecule has 0 amide bonds. The lowest BCUT2D eigenvalue weighted by atomic mass is 9.70. The number of H-pyrrole nitrogens is 1. The fraction of sp³-hybridized carbons (Fsp3) is 0.571. The average Bonchev–Trinajstić information content (AvgIpc) is 3.49. The summed E-state index contributed by atoms with van der Waals surface area (Å²) in [4.78, 5) is 20.3. The summed E-state index contributed by atoms with van der Waals surface area (Å²) in [6.45, 7) is 0. The summed E-state index contributed by atoms with van der Waals surface area (Å²) in [6, 6.07) is 8.07. The predicted molar refractivity (Wildman–Crippen MR) is 130 cm³/mol. The van der Waals surface area contributed by atoms with Crippen molar-refractivity contribution in [1.82, 2.24) is 14.5 Å². The highest BCUT2D eigenvalue weighted by Gasteiger charge is 2.41. The summed E-state index contributed by atoms with van der Waals surface area (Å²) < 4.78 is 2.16. The van der Waals surface area contributed by atoms with Crippen LogP contribution in [0.2, 0.25) is 0 Å². The Bertz CT molecular complexity index is 1030. The van der Waals surface area contributed by atoms with Crippen molar-refractivity contribution in [3.05, 3.63) is 54.2 Å². The molecule has 2 aliphatic carbocycles. The van der Waals surface area contributed by atoms with E-state index in [1.807, 2.05) is 36.7 Å². The van der Waals surface area contributed by atoms with Crippen LogP contribution in [0.4, 0.5) is 0 Å². The highest BCUT2D eigenvalue weighted by Crippen LogP contribution is 2.51. The Morgan fingerprint density at radius 3 is 2.72 bits per heavy atom. The van der Waals surface area contributed by atoms with E-state index < -0.39 is 0 Å². The topological polar surface area (TPSA) is 50.7 Å². The zero-order chi connectivity index (χ0) is 21.9. The van der Waals surface area contributed by atoms with Gasteiger partial charge in [0.15, 0.2) is 5.78 Å². The summed E-state index contributed by atoms with van der Waals surface area (Å²) in [5, 5.41) is 1.17. The third kappa shape index (κ3) is 4.69. The van der Waals surface area contributed by atoms with Crippen LogP contribution in [0, 0.1) is 23.7 Å². The van der Waals surface area contributed by atoms with Crippen molar-refractivity contribution < 1.29 is 4.79 Å². The first-order valence-corrected chi connectivity index (χ1v) is 12.7. The molecule has 2 aromatic heterocycles. The number of ketones is 1. The number of nitrogens with one attached hydrogen (secondary N) is 1. The van der Waals surface area contributed by atoms with Crippen LogP contribution < -0.4 is 0 Å². The molecule has 2 heterocycles. The minimum Gasteiger partial charge on any atom is -0.361 e. The van der Waals surface area contributed by atoms with E-state index in [0.29, 0.717) is 6.42 Å². The van der Waals surface area contributed by atoms with Gasteiger partial charge in [-0.05, 0) is 86.1 Å². The Morgan fingerprint density at radius 2 is 1.94 bits per heavy atom. The Morgan fingerprint density at radius 1 is 1.09 bits per heavy atom. The highest BCUT2D eigenvalue weighted by atomic mass is 16.1. The van der Waals surface area contributed by atoms with Gasteiger partial charge >= 0.3 is 0 Å². The molecule has 4 atom stereocenters. The van der Waals surface area contributed by atoms with Crippen LogP contribution in [0.3, 0.4) is 0 Å². The van der Waals surface area contributed by atoms with Gasteiger partial charge in [-0.1, -0.05) is 25.0 Å². The van der Waals surface area contributed by atoms with E-state index in [9.17, 15) is 4.79 Å². The lowest BCUT2D eigenvalue weighted by molar-refractivity contribution is 0.0976. The lowest BCUT2D eigenvalue weighted by Crippen LogP contribution is -2.26. The molecule has 0 aliphatic heterocycles. The molecule has 2 saturated carbocycles. The van der Waals surface area contributed by atoms with Gasteiger partial charge in [0.05, 0.1) is 0 Å². The summed E-state index contributed by atoms with van der Waals surface area (Å²) >= 11 is 0. The first kappa shape index (κ1) is 21.5. The lowest BCUT2D eigenvalue weighted by Gasteiger charge is -2.35. The minimum atomic E-state index is 0.290. The first-order chi connectivity index (χ1) is 15.7. The second-order valence-electron chi connectivity index (χ2n) is 10.4. The van der Waals surface area contributed by atoms with Crippen LogP contribution in [0.25, 0.3) is 10.9 Å². The van der Waals surface area contributed by atoms with Gasteiger partial charge in [0.2, 0.25) is 0 Å². The molecule has 32 heavy (non-hydrogen) atoms. The quantitative estimate of drug-likeness (QED) is 0.286. The number of benzene rings is 1. The number of aromatic amines is 1. The molecule has 1 aromatic carbocycles. The maximum Gasteiger partial charge on any atom is 0.162 e. The molecule has 5 rings (SSSR count). The van der Waals surface area contributed by atoms with E-state index >= 15 is 0 Å². The monoisotopic (exact) mass is 431 g/mol. The molecule has 170 valence electrons. The van der Waals surface area contributed by atoms with Crippen LogP contribution in [-0.4, -0.2) is 20.3 Å². The van der Waals surface area contributed by atoms with E-state index in [4.69, 9.17) is 0 Å². The molecular weight excluding hydrogens is 394 g/mol. The van der Waals surface area contributed by atoms with Crippen molar-refractivity contribution >= 4 is 16.7 Å². The number of imidazole rings is 1. The van der Waals surface area contributed by atoms with Crippen LogP contribution in [0.15, 0.2) is 42.9 Å². The predicted octanol–water partition coefficient (Wildman–Crippen LogP) is 6.72. The van der Waals surface area contributed by atoms with Crippen molar-refractivity contribution in [2.24, 2.45) is 30.7 Å². The standard InChI is InChI=1S/C28H37N3O/c1-31-16-15-30-28(31)8-4-6-25-22-10-11-23(25)18-20(17-22)5-2-3-7-27(32)24-12-9-21-13-14-29-26(21)19-24/h9,12-16,19-20,22-23,25,29H,2-8,10-11,17-18H2,1H3/t20?,22-,23+,25?. The van der Waals surface area contributed by atoms with Gasteiger partial charge in [0, 0.05) is 49.6 Å². The number of carbonyl (C=O) groups excluding carboxylic acids is 1. The number of aromatic nitrogens is 3. The SMILES string of the molecule is Cn1ccnc1CCCC1[C@@H]2CC[C@H]1CC(CCCCC(=O)c1ccc3cc[nH]c3c1)C2. The van der Waals surface area contributed by atoms with Gasteiger partial charge in [-0.15, -0.1) is 0 Å². The normalized spacial score (nSPS) is 24.9. The van der Waals surface area contributed by atoms with Gasteiger partial charge in [-0.2, -0.15) is 0 Å². The van der Waals surface area contributed by atoms with Gasteiger partial charge in [-0.3, -0.25) is 4.79 Å². The largest absolute Gasteiger partial charge is 0.361 e. The minimum absolute atomic E-state index is 0.290. The molecule has 2 unspecified atom stereocenters. The summed E-state index contributed by atoms with van der Waals surface area (Å²) in [5.74, 6) is 5.27. The van der Waals surface area contributed by atoms with Crippen LogP contribution >= 0.6 is 0 Å². The Kier molecular flexibility index (Phi) is 6.47. The highest BCUT2D eigenvalue weighted by molar-refractivity contribution is 5.99. The summed E-state index contributed by atoms with van der Waals surface area (Å²) in [7, 11) is 2.10. The zero-order valence-corrected chi connectivity index (χ0v) is 19.4.